The Morgan fingerprint density at radius 2 is 1.42 bits per heavy atom. The van der Waals surface area contributed by atoms with Gasteiger partial charge in [0, 0.05) is 25.2 Å². The molecule has 0 aliphatic rings. The second kappa shape index (κ2) is 8.24. The van der Waals surface area contributed by atoms with E-state index in [2.05, 4.69) is 0 Å². The van der Waals surface area contributed by atoms with Gasteiger partial charge in [-0.2, -0.15) is 0 Å². The van der Waals surface area contributed by atoms with Gasteiger partial charge < -0.3 is 19.1 Å². The van der Waals surface area contributed by atoms with E-state index >= 15 is 0 Å². The highest BCUT2D eigenvalue weighted by Crippen LogP contribution is 2.23. The van der Waals surface area contributed by atoms with E-state index in [0.29, 0.717) is 23.6 Å². The minimum absolute atomic E-state index is 0.0688. The maximum atomic E-state index is 12.6. The third-order valence-corrected chi connectivity index (χ3v) is 3.84. The zero-order valence-electron chi connectivity index (χ0n) is 14.5. The maximum absolute atomic E-state index is 12.6. The number of amides is 1. The molecule has 0 fully saturated rings. The van der Waals surface area contributed by atoms with E-state index in [1.54, 1.807) is 51.5 Å². The Bertz CT molecular complexity index is 660. The summed E-state index contributed by atoms with van der Waals surface area (Å²) in [6.45, 7) is 0.616. The average molecular weight is 329 g/mol. The van der Waals surface area contributed by atoms with E-state index in [-0.39, 0.29) is 5.91 Å². The van der Waals surface area contributed by atoms with Crippen molar-refractivity contribution >= 4 is 5.91 Å². The first kappa shape index (κ1) is 17.7. The molecule has 0 aliphatic carbocycles. The number of methoxy groups -OCH3 is 3. The fourth-order valence-corrected chi connectivity index (χ4v) is 2.34. The van der Waals surface area contributed by atoms with Gasteiger partial charge in [-0.1, -0.05) is 12.1 Å². The van der Waals surface area contributed by atoms with Crippen LogP contribution in [-0.4, -0.2) is 45.7 Å². The molecule has 128 valence electrons. The van der Waals surface area contributed by atoms with Crippen LogP contribution in [0.5, 0.6) is 17.2 Å². The first-order valence-electron chi connectivity index (χ1n) is 7.69. The normalized spacial score (nSPS) is 10.2. The van der Waals surface area contributed by atoms with E-state index in [1.807, 2.05) is 24.3 Å². The predicted octanol–water partition coefficient (Wildman–Crippen LogP) is 3.03. The molecule has 2 rings (SSSR count). The topological polar surface area (TPSA) is 48.0 Å². The highest BCUT2D eigenvalue weighted by atomic mass is 16.5. The molecule has 0 aromatic heterocycles. The van der Waals surface area contributed by atoms with Crippen molar-refractivity contribution in [2.75, 3.05) is 34.9 Å². The summed E-state index contributed by atoms with van der Waals surface area (Å²) in [5.41, 5.74) is 1.70. The fourth-order valence-electron chi connectivity index (χ4n) is 2.34. The Balaban J connectivity index is 2.03. The molecular weight excluding hydrogens is 306 g/mol. The number of hydrogen-bond donors (Lipinski definition) is 0. The lowest BCUT2D eigenvalue weighted by molar-refractivity contribution is 0.0796. The molecule has 0 N–H and O–H groups in total. The molecule has 1 amide bonds. The zero-order valence-corrected chi connectivity index (χ0v) is 14.5. The first-order chi connectivity index (χ1) is 11.6. The summed E-state index contributed by atoms with van der Waals surface area (Å²) in [4.78, 5) is 14.3. The van der Waals surface area contributed by atoms with Gasteiger partial charge in [-0.15, -0.1) is 0 Å². The third-order valence-electron chi connectivity index (χ3n) is 3.84. The monoisotopic (exact) mass is 329 g/mol. The molecule has 0 saturated heterocycles. The molecule has 0 radical (unpaired) electrons. The number of rotatable bonds is 7. The summed E-state index contributed by atoms with van der Waals surface area (Å²) >= 11 is 0. The van der Waals surface area contributed by atoms with Crippen LogP contribution in [0.15, 0.2) is 42.5 Å². The largest absolute Gasteiger partial charge is 0.497 e. The summed E-state index contributed by atoms with van der Waals surface area (Å²) in [7, 11) is 6.56. The van der Waals surface area contributed by atoms with E-state index in [9.17, 15) is 4.79 Å². The molecule has 0 atom stereocenters. The van der Waals surface area contributed by atoms with Crippen molar-refractivity contribution in [1.82, 2.24) is 4.90 Å². The van der Waals surface area contributed by atoms with Gasteiger partial charge in [-0.25, -0.2) is 0 Å². The highest BCUT2D eigenvalue weighted by molar-refractivity contribution is 5.95. The van der Waals surface area contributed by atoms with Gasteiger partial charge in [0.15, 0.2) is 0 Å². The second-order valence-corrected chi connectivity index (χ2v) is 5.43. The second-order valence-electron chi connectivity index (χ2n) is 5.43. The molecule has 0 heterocycles. The van der Waals surface area contributed by atoms with Crippen molar-refractivity contribution in [3.05, 3.63) is 53.6 Å². The van der Waals surface area contributed by atoms with Gasteiger partial charge in [0.1, 0.15) is 17.2 Å². The van der Waals surface area contributed by atoms with Gasteiger partial charge in [0.25, 0.3) is 5.91 Å². The lowest BCUT2D eigenvalue weighted by Crippen LogP contribution is -2.28. The Kier molecular flexibility index (Phi) is 6.07. The summed E-state index contributed by atoms with van der Waals surface area (Å²) in [5, 5.41) is 0. The predicted molar refractivity (Wildman–Crippen MR) is 93.2 cm³/mol. The summed E-state index contributed by atoms with van der Waals surface area (Å²) in [5.74, 6) is 1.95. The number of carbonyl (C=O) groups is 1. The zero-order chi connectivity index (χ0) is 17.5. The van der Waals surface area contributed by atoms with Crippen LogP contribution in [0.4, 0.5) is 0 Å². The quantitative estimate of drug-likeness (QED) is 0.783. The number of benzene rings is 2. The molecule has 2 aromatic carbocycles. The molecule has 0 aliphatic heterocycles. The third kappa shape index (κ3) is 4.41. The number of hydrogen-bond acceptors (Lipinski definition) is 4. The van der Waals surface area contributed by atoms with Crippen LogP contribution < -0.4 is 14.2 Å². The van der Waals surface area contributed by atoms with Gasteiger partial charge in [0.05, 0.1) is 21.3 Å². The molecule has 5 heteroatoms. The van der Waals surface area contributed by atoms with Crippen LogP contribution in [0.2, 0.25) is 0 Å². The standard InChI is InChI=1S/C19H23NO4/c1-20(10-9-14-5-7-16(22-2)8-6-14)19(21)15-11-17(23-3)13-18(12-15)24-4/h5-8,11-13H,9-10H2,1-4H3. The van der Waals surface area contributed by atoms with Crippen molar-refractivity contribution in [1.29, 1.82) is 0 Å². The van der Waals surface area contributed by atoms with E-state index in [0.717, 1.165) is 17.7 Å². The van der Waals surface area contributed by atoms with E-state index < -0.39 is 0 Å². The highest BCUT2D eigenvalue weighted by Gasteiger charge is 2.14. The van der Waals surface area contributed by atoms with Crippen molar-refractivity contribution in [2.45, 2.75) is 6.42 Å². The molecule has 0 saturated carbocycles. The Labute approximate surface area is 142 Å². The number of carbonyl (C=O) groups excluding carboxylic acids is 1. The average Bonchev–Trinajstić information content (AvgIpc) is 2.65. The van der Waals surface area contributed by atoms with Gasteiger partial charge >= 0.3 is 0 Å². The summed E-state index contributed by atoms with van der Waals surface area (Å²) in [6.07, 6.45) is 0.771. The first-order valence-corrected chi connectivity index (χ1v) is 7.69. The molecule has 0 bridgehead atoms. The molecule has 0 spiro atoms. The fraction of sp³-hybridized carbons (Fsp3) is 0.316. The van der Waals surface area contributed by atoms with Crippen molar-refractivity contribution < 1.29 is 19.0 Å². The number of nitrogens with zero attached hydrogens (tertiary/aromatic N) is 1. The Morgan fingerprint density at radius 3 is 1.92 bits per heavy atom. The van der Waals surface area contributed by atoms with Crippen LogP contribution in [0, 0.1) is 0 Å². The number of ether oxygens (including phenoxy) is 3. The van der Waals surface area contributed by atoms with Crippen LogP contribution in [-0.2, 0) is 6.42 Å². The van der Waals surface area contributed by atoms with Crippen molar-refractivity contribution in [2.24, 2.45) is 0 Å². The molecular formula is C19H23NO4. The minimum Gasteiger partial charge on any atom is -0.497 e. The lowest BCUT2D eigenvalue weighted by atomic mass is 10.1. The van der Waals surface area contributed by atoms with Crippen LogP contribution >= 0.6 is 0 Å². The maximum Gasteiger partial charge on any atom is 0.253 e. The van der Waals surface area contributed by atoms with E-state index in [1.165, 1.54) is 0 Å². The number of likely N-dealkylation sites (N-methyl/N-ethyl adjacent to an activating group) is 1. The van der Waals surface area contributed by atoms with Gasteiger partial charge in [-0.3, -0.25) is 4.79 Å². The van der Waals surface area contributed by atoms with Crippen molar-refractivity contribution in [3.63, 3.8) is 0 Å². The molecule has 24 heavy (non-hydrogen) atoms. The molecule has 2 aromatic rings. The van der Waals surface area contributed by atoms with Crippen LogP contribution in [0.25, 0.3) is 0 Å². The molecule has 5 nitrogen and oxygen atoms in total. The SMILES string of the molecule is COc1ccc(CCN(C)C(=O)c2cc(OC)cc(OC)c2)cc1. The van der Waals surface area contributed by atoms with Gasteiger partial charge in [0.2, 0.25) is 0 Å². The Hall–Kier alpha value is -2.69. The van der Waals surface area contributed by atoms with Crippen molar-refractivity contribution in [3.8, 4) is 17.2 Å². The minimum atomic E-state index is -0.0688. The Morgan fingerprint density at radius 1 is 0.875 bits per heavy atom. The van der Waals surface area contributed by atoms with E-state index in [4.69, 9.17) is 14.2 Å². The molecule has 0 unspecified atom stereocenters. The summed E-state index contributed by atoms with van der Waals surface area (Å²) in [6, 6.07) is 13.0. The smallest absolute Gasteiger partial charge is 0.253 e. The van der Waals surface area contributed by atoms with Gasteiger partial charge in [-0.05, 0) is 36.2 Å². The van der Waals surface area contributed by atoms with Crippen LogP contribution in [0.1, 0.15) is 15.9 Å². The lowest BCUT2D eigenvalue weighted by Gasteiger charge is -2.18. The van der Waals surface area contributed by atoms with Crippen LogP contribution in [0.3, 0.4) is 0 Å². The summed E-state index contributed by atoms with van der Waals surface area (Å²) < 4.78 is 15.6.